The third-order valence-electron chi connectivity index (χ3n) is 5.45. The fourth-order valence-corrected chi connectivity index (χ4v) is 5.18. The Morgan fingerprint density at radius 3 is 2.68 bits per heavy atom. The maximum Gasteiger partial charge on any atom is 0.231 e. The van der Waals surface area contributed by atoms with E-state index >= 15 is 0 Å². The molecule has 9 heteroatoms. The van der Waals surface area contributed by atoms with E-state index in [9.17, 15) is 18.0 Å². The number of carbonyl (C=O) groups excluding carboxylic acids is 2. The average molecular weight is 445 g/mol. The Morgan fingerprint density at radius 2 is 1.90 bits per heavy atom. The van der Waals surface area contributed by atoms with Crippen LogP contribution in [0.5, 0.6) is 11.5 Å². The van der Waals surface area contributed by atoms with E-state index in [0.29, 0.717) is 30.0 Å². The molecule has 4 rings (SSSR count). The second-order valence-corrected chi connectivity index (χ2v) is 9.76. The summed E-state index contributed by atoms with van der Waals surface area (Å²) in [7, 11) is -3.65. The van der Waals surface area contributed by atoms with Gasteiger partial charge in [0.25, 0.3) is 0 Å². The standard InChI is InChI=1S/C22H24N2O6S/c1-3-22(26)24-14(2)10-15-11-17(5-6-18(15)24)31(27,28)9-8-21(25)23-16-4-7-19-20(12-16)30-13-29-19/h4-7,11-12,14H,3,8-10,13H2,1-2H3,(H,23,25)/t14-/m1/s1. The number of amides is 2. The van der Waals surface area contributed by atoms with E-state index in [1.807, 2.05) is 6.92 Å². The predicted octanol–water partition coefficient (Wildman–Crippen LogP) is 2.91. The number of ether oxygens (including phenoxy) is 2. The van der Waals surface area contributed by atoms with E-state index in [1.54, 1.807) is 42.2 Å². The van der Waals surface area contributed by atoms with Crippen LogP contribution in [0.2, 0.25) is 0 Å². The number of hydrogen-bond donors (Lipinski definition) is 1. The first-order valence-electron chi connectivity index (χ1n) is 10.2. The van der Waals surface area contributed by atoms with Gasteiger partial charge < -0.3 is 19.7 Å². The molecule has 0 aliphatic carbocycles. The molecule has 2 aliphatic heterocycles. The zero-order valence-electron chi connectivity index (χ0n) is 17.4. The maximum absolute atomic E-state index is 12.8. The molecule has 0 fully saturated rings. The molecule has 31 heavy (non-hydrogen) atoms. The fourth-order valence-electron chi connectivity index (χ4n) is 3.89. The Hall–Kier alpha value is -3.07. The number of nitrogens with zero attached hydrogens (tertiary/aromatic N) is 1. The van der Waals surface area contributed by atoms with Crippen molar-refractivity contribution >= 4 is 33.0 Å². The van der Waals surface area contributed by atoms with Gasteiger partial charge in [0.1, 0.15) is 0 Å². The molecule has 2 amide bonds. The molecule has 0 unspecified atom stereocenters. The van der Waals surface area contributed by atoms with Crippen molar-refractivity contribution < 1.29 is 27.5 Å². The minimum Gasteiger partial charge on any atom is -0.454 e. The Balaban J connectivity index is 1.42. The van der Waals surface area contributed by atoms with Crippen molar-refractivity contribution in [2.45, 2.75) is 44.0 Å². The third kappa shape index (κ3) is 4.23. The highest BCUT2D eigenvalue weighted by atomic mass is 32.2. The van der Waals surface area contributed by atoms with Gasteiger partial charge in [-0.25, -0.2) is 8.42 Å². The first-order chi connectivity index (χ1) is 14.8. The van der Waals surface area contributed by atoms with Crippen molar-refractivity contribution in [2.24, 2.45) is 0 Å². The molecule has 0 saturated heterocycles. The van der Waals surface area contributed by atoms with E-state index < -0.39 is 15.7 Å². The fraction of sp³-hybridized carbons (Fsp3) is 0.364. The molecular formula is C22H24N2O6S. The minimum absolute atomic E-state index is 0.00659. The van der Waals surface area contributed by atoms with Gasteiger partial charge in [0.05, 0.1) is 10.6 Å². The van der Waals surface area contributed by atoms with Crippen LogP contribution in [0.25, 0.3) is 0 Å². The monoisotopic (exact) mass is 444 g/mol. The van der Waals surface area contributed by atoms with Crippen LogP contribution < -0.4 is 19.7 Å². The van der Waals surface area contributed by atoms with Gasteiger partial charge in [-0.3, -0.25) is 9.59 Å². The molecule has 2 aromatic rings. The van der Waals surface area contributed by atoms with Crippen LogP contribution in [0.4, 0.5) is 11.4 Å². The van der Waals surface area contributed by atoms with Crippen molar-refractivity contribution in [1.82, 2.24) is 0 Å². The number of anilines is 2. The Morgan fingerprint density at radius 1 is 1.13 bits per heavy atom. The highest BCUT2D eigenvalue weighted by Gasteiger charge is 2.31. The smallest absolute Gasteiger partial charge is 0.231 e. The van der Waals surface area contributed by atoms with Crippen LogP contribution in [0, 0.1) is 0 Å². The molecule has 0 radical (unpaired) electrons. The molecule has 1 N–H and O–H groups in total. The van der Waals surface area contributed by atoms with Gasteiger partial charge in [-0.1, -0.05) is 6.92 Å². The lowest BCUT2D eigenvalue weighted by Gasteiger charge is -2.22. The first kappa shape index (κ1) is 21.2. The number of carbonyl (C=O) groups is 2. The van der Waals surface area contributed by atoms with E-state index in [2.05, 4.69) is 5.32 Å². The summed E-state index contributed by atoms with van der Waals surface area (Å²) >= 11 is 0. The normalized spacial score (nSPS) is 16.8. The maximum atomic E-state index is 12.8. The lowest BCUT2D eigenvalue weighted by molar-refractivity contribution is -0.118. The molecule has 2 heterocycles. The molecule has 0 bridgehead atoms. The molecule has 2 aliphatic rings. The number of benzene rings is 2. The molecule has 0 spiro atoms. The number of fused-ring (bicyclic) bond motifs is 2. The number of rotatable bonds is 6. The summed E-state index contributed by atoms with van der Waals surface area (Å²) in [5.41, 5.74) is 2.11. The molecule has 8 nitrogen and oxygen atoms in total. The zero-order chi connectivity index (χ0) is 22.2. The van der Waals surface area contributed by atoms with Gasteiger partial charge in [0.2, 0.25) is 18.6 Å². The van der Waals surface area contributed by atoms with Crippen molar-refractivity contribution in [3.8, 4) is 11.5 Å². The lowest BCUT2D eigenvalue weighted by atomic mass is 10.1. The molecular weight excluding hydrogens is 420 g/mol. The number of sulfone groups is 1. The predicted molar refractivity (Wildman–Crippen MR) is 115 cm³/mol. The quantitative estimate of drug-likeness (QED) is 0.735. The summed E-state index contributed by atoms with van der Waals surface area (Å²) in [6.45, 7) is 3.89. The lowest BCUT2D eigenvalue weighted by Crippen LogP contribution is -2.35. The van der Waals surface area contributed by atoms with Crippen molar-refractivity contribution in [3.63, 3.8) is 0 Å². The van der Waals surface area contributed by atoms with Gasteiger partial charge in [0, 0.05) is 36.3 Å². The van der Waals surface area contributed by atoms with Crippen molar-refractivity contribution in [3.05, 3.63) is 42.0 Å². The van der Waals surface area contributed by atoms with Gasteiger partial charge >= 0.3 is 0 Å². The average Bonchev–Trinajstić information content (AvgIpc) is 3.34. The summed E-state index contributed by atoms with van der Waals surface area (Å²) in [6.07, 6.45) is 0.821. The van der Waals surface area contributed by atoms with Crippen LogP contribution in [-0.4, -0.2) is 38.8 Å². The number of nitrogens with one attached hydrogen (secondary N) is 1. The summed E-state index contributed by atoms with van der Waals surface area (Å²) in [5, 5.41) is 2.68. The van der Waals surface area contributed by atoms with E-state index in [-0.39, 0.29) is 35.8 Å². The molecule has 0 aromatic heterocycles. The second kappa shape index (κ2) is 8.22. The van der Waals surface area contributed by atoms with Crippen LogP contribution in [-0.2, 0) is 25.8 Å². The van der Waals surface area contributed by atoms with Gasteiger partial charge in [-0.2, -0.15) is 0 Å². The minimum atomic E-state index is -3.65. The molecule has 2 aromatic carbocycles. The largest absolute Gasteiger partial charge is 0.454 e. The molecule has 164 valence electrons. The Bertz CT molecular complexity index is 1140. The third-order valence-corrected chi connectivity index (χ3v) is 7.16. The van der Waals surface area contributed by atoms with Crippen LogP contribution in [0.3, 0.4) is 0 Å². The van der Waals surface area contributed by atoms with Gasteiger partial charge in [-0.15, -0.1) is 0 Å². The molecule has 1 atom stereocenters. The topological polar surface area (TPSA) is 102 Å². The first-order valence-corrected chi connectivity index (χ1v) is 11.8. The van der Waals surface area contributed by atoms with Gasteiger partial charge in [-0.05, 0) is 49.2 Å². The van der Waals surface area contributed by atoms with Crippen LogP contribution in [0.1, 0.15) is 32.3 Å². The highest BCUT2D eigenvalue weighted by Crippen LogP contribution is 2.35. The zero-order valence-corrected chi connectivity index (χ0v) is 18.2. The van der Waals surface area contributed by atoms with Crippen LogP contribution in [0.15, 0.2) is 41.3 Å². The van der Waals surface area contributed by atoms with Gasteiger partial charge in [0.15, 0.2) is 21.3 Å². The van der Waals surface area contributed by atoms with E-state index in [4.69, 9.17) is 9.47 Å². The van der Waals surface area contributed by atoms with E-state index in [1.165, 1.54) is 6.07 Å². The highest BCUT2D eigenvalue weighted by molar-refractivity contribution is 7.91. The summed E-state index contributed by atoms with van der Waals surface area (Å²) in [4.78, 5) is 26.4. The Kier molecular flexibility index (Phi) is 5.62. The van der Waals surface area contributed by atoms with Crippen molar-refractivity contribution in [2.75, 3.05) is 22.8 Å². The summed E-state index contributed by atoms with van der Waals surface area (Å²) in [5.74, 6) is 0.438. The Labute approximate surface area is 181 Å². The summed E-state index contributed by atoms with van der Waals surface area (Å²) < 4.78 is 36.1. The van der Waals surface area contributed by atoms with Crippen molar-refractivity contribution in [1.29, 1.82) is 0 Å². The summed E-state index contributed by atoms with van der Waals surface area (Å²) in [6, 6.07) is 9.81. The number of hydrogen-bond acceptors (Lipinski definition) is 6. The van der Waals surface area contributed by atoms with Crippen LogP contribution >= 0.6 is 0 Å². The van der Waals surface area contributed by atoms with E-state index in [0.717, 1.165) is 11.3 Å². The second-order valence-electron chi connectivity index (χ2n) is 7.65. The molecule has 0 saturated carbocycles. The SMILES string of the molecule is CCC(=O)N1c2ccc(S(=O)(=O)CCC(=O)Nc3ccc4c(c3)OCO4)cc2C[C@H]1C.